The number of ether oxygens (including phenoxy) is 1. The van der Waals surface area contributed by atoms with Gasteiger partial charge in [0.25, 0.3) is 0 Å². The first-order valence-electron chi connectivity index (χ1n) is 5.96. The van der Waals surface area contributed by atoms with Crippen LogP contribution in [0.3, 0.4) is 0 Å². The summed E-state index contributed by atoms with van der Waals surface area (Å²) in [5, 5.41) is 0.981. The van der Waals surface area contributed by atoms with Crippen LogP contribution in [0.5, 0.6) is 11.6 Å². The fraction of sp³-hybridized carbons (Fsp3) is 0.231. The lowest BCUT2D eigenvalue weighted by Gasteiger charge is -2.15. The molecule has 0 aliphatic heterocycles. The van der Waals surface area contributed by atoms with Gasteiger partial charge in [0.05, 0.1) is 5.56 Å². The Morgan fingerprint density at radius 3 is 2.35 bits per heavy atom. The second-order valence-electron chi connectivity index (χ2n) is 4.45. The summed E-state index contributed by atoms with van der Waals surface area (Å²) in [6.07, 6.45) is 1.38. The van der Waals surface area contributed by atoms with E-state index in [-0.39, 0.29) is 5.92 Å². The normalized spacial score (nSPS) is 10.7. The standard InChI is InChI=1S/C13H14Cl2N4O/c1-7(2)11-12(19-16)17-6-18-13(11)20-10-4-8(14)3-9(15)5-10/h3-7H,16H2,1-2H3,(H,17,18,19). The minimum absolute atomic E-state index is 0.131. The number of hydrogen-bond donors (Lipinski definition) is 2. The van der Waals surface area contributed by atoms with E-state index >= 15 is 0 Å². The van der Waals surface area contributed by atoms with E-state index in [0.29, 0.717) is 27.5 Å². The molecule has 2 aromatic rings. The van der Waals surface area contributed by atoms with Crippen molar-refractivity contribution in [1.29, 1.82) is 0 Å². The number of nitrogens with one attached hydrogen (secondary N) is 1. The second kappa shape index (κ2) is 6.26. The molecule has 7 heteroatoms. The minimum Gasteiger partial charge on any atom is -0.438 e. The van der Waals surface area contributed by atoms with E-state index in [2.05, 4.69) is 15.4 Å². The number of anilines is 1. The summed E-state index contributed by atoms with van der Waals surface area (Å²) < 4.78 is 5.76. The highest BCUT2D eigenvalue weighted by Gasteiger charge is 2.16. The maximum Gasteiger partial charge on any atom is 0.227 e. The second-order valence-corrected chi connectivity index (χ2v) is 5.32. The topological polar surface area (TPSA) is 73.1 Å². The van der Waals surface area contributed by atoms with E-state index in [1.54, 1.807) is 18.2 Å². The van der Waals surface area contributed by atoms with Gasteiger partial charge in [-0.2, -0.15) is 0 Å². The Balaban J connectivity index is 2.42. The maximum atomic E-state index is 5.95. The molecule has 20 heavy (non-hydrogen) atoms. The Morgan fingerprint density at radius 2 is 1.80 bits per heavy atom. The number of aromatic nitrogens is 2. The van der Waals surface area contributed by atoms with Gasteiger partial charge in [0, 0.05) is 10.0 Å². The van der Waals surface area contributed by atoms with Crippen LogP contribution in [0.2, 0.25) is 10.0 Å². The Kier molecular flexibility index (Phi) is 4.65. The summed E-state index contributed by atoms with van der Waals surface area (Å²) in [5.74, 6) is 7.04. The van der Waals surface area contributed by atoms with E-state index in [9.17, 15) is 0 Å². The number of nitrogens with two attached hydrogens (primary N) is 1. The number of benzene rings is 1. The van der Waals surface area contributed by atoms with Crippen molar-refractivity contribution in [3.63, 3.8) is 0 Å². The predicted octanol–water partition coefficient (Wildman–Crippen LogP) is 3.98. The summed E-state index contributed by atoms with van der Waals surface area (Å²) in [4.78, 5) is 8.22. The van der Waals surface area contributed by atoms with Crippen molar-refractivity contribution in [1.82, 2.24) is 9.97 Å². The third-order valence-corrected chi connectivity index (χ3v) is 3.05. The molecular weight excluding hydrogens is 299 g/mol. The SMILES string of the molecule is CC(C)c1c(NN)ncnc1Oc1cc(Cl)cc(Cl)c1. The smallest absolute Gasteiger partial charge is 0.227 e. The lowest BCUT2D eigenvalue weighted by molar-refractivity contribution is 0.452. The average molecular weight is 313 g/mol. The van der Waals surface area contributed by atoms with E-state index < -0.39 is 0 Å². The van der Waals surface area contributed by atoms with Crippen LogP contribution in [0.1, 0.15) is 25.3 Å². The predicted molar refractivity (Wildman–Crippen MR) is 80.5 cm³/mol. The van der Waals surface area contributed by atoms with Crippen molar-refractivity contribution in [2.45, 2.75) is 19.8 Å². The van der Waals surface area contributed by atoms with Crippen LogP contribution in [0.4, 0.5) is 5.82 Å². The Bertz CT molecular complexity index is 599. The van der Waals surface area contributed by atoms with Gasteiger partial charge in [-0.3, -0.25) is 0 Å². The first kappa shape index (κ1) is 14.8. The van der Waals surface area contributed by atoms with Crippen molar-refractivity contribution in [3.8, 4) is 11.6 Å². The fourth-order valence-corrected chi connectivity index (χ4v) is 2.30. The number of nitrogens with zero attached hydrogens (tertiary/aromatic N) is 2. The van der Waals surface area contributed by atoms with E-state index in [1.165, 1.54) is 6.33 Å². The molecule has 3 N–H and O–H groups in total. The molecule has 0 atom stereocenters. The van der Waals surface area contributed by atoms with Crippen LogP contribution < -0.4 is 16.0 Å². The Labute approximate surface area is 127 Å². The van der Waals surface area contributed by atoms with Gasteiger partial charge in [-0.05, 0) is 24.1 Å². The van der Waals surface area contributed by atoms with E-state index in [0.717, 1.165) is 5.56 Å². The third-order valence-electron chi connectivity index (χ3n) is 2.61. The molecule has 0 spiro atoms. The largest absolute Gasteiger partial charge is 0.438 e. The Morgan fingerprint density at radius 1 is 1.15 bits per heavy atom. The molecule has 0 bridgehead atoms. The van der Waals surface area contributed by atoms with Crippen LogP contribution in [-0.2, 0) is 0 Å². The molecule has 0 amide bonds. The van der Waals surface area contributed by atoms with Crippen molar-refractivity contribution in [3.05, 3.63) is 40.1 Å². The highest BCUT2D eigenvalue weighted by Crippen LogP contribution is 2.34. The quantitative estimate of drug-likeness (QED) is 0.659. The maximum absolute atomic E-state index is 5.95. The van der Waals surface area contributed by atoms with Crippen LogP contribution in [0.25, 0.3) is 0 Å². The van der Waals surface area contributed by atoms with Crippen molar-refractivity contribution in [2.75, 3.05) is 5.43 Å². The van der Waals surface area contributed by atoms with Crippen molar-refractivity contribution in [2.24, 2.45) is 5.84 Å². The highest BCUT2D eigenvalue weighted by molar-refractivity contribution is 6.34. The average Bonchev–Trinajstić information content (AvgIpc) is 2.36. The summed E-state index contributed by atoms with van der Waals surface area (Å²) >= 11 is 11.9. The summed E-state index contributed by atoms with van der Waals surface area (Å²) in [7, 11) is 0. The van der Waals surface area contributed by atoms with Gasteiger partial charge in [-0.1, -0.05) is 37.0 Å². The summed E-state index contributed by atoms with van der Waals surface area (Å²) in [5.41, 5.74) is 3.33. The number of halogens is 2. The molecule has 106 valence electrons. The van der Waals surface area contributed by atoms with E-state index in [4.69, 9.17) is 33.8 Å². The van der Waals surface area contributed by atoms with Gasteiger partial charge in [0.15, 0.2) is 5.82 Å². The number of hydrogen-bond acceptors (Lipinski definition) is 5. The number of rotatable bonds is 4. The molecule has 1 aromatic heterocycles. The lowest BCUT2D eigenvalue weighted by atomic mass is 10.1. The van der Waals surface area contributed by atoms with Crippen molar-refractivity contribution < 1.29 is 4.74 Å². The molecular formula is C13H14Cl2N4O. The molecule has 0 radical (unpaired) electrons. The minimum atomic E-state index is 0.131. The summed E-state index contributed by atoms with van der Waals surface area (Å²) in [6, 6.07) is 4.95. The van der Waals surface area contributed by atoms with Crippen LogP contribution in [0.15, 0.2) is 24.5 Å². The molecule has 5 nitrogen and oxygen atoms in total. The van der Waals surface area contributed by atoms with Crippen LogP contribution in [0, 0.1) is 0 Å². The van der Waals surface area contributed by atoms with Crippen LogP contribution >= 0.6 is 23.2 Å². The zero-order valence-electron chi connectivity index (χ0n) is 11.0. The van der Waals surface area contributed by atoms with Gasteiger partial charge in [0.1, 0.15) is 12.1 Å². The highest BCUT2D eigenvalue weighted by atomic mass is 35.5. The summed E-state index contributed by atoms with van der Waals surface area (Å²) in [6.45, 7) is 3.99. The molecule has 0 saturated heterocycles. The monoisotopic (exact) mass is 312 g/mol. The first-order valence-corrected chi connectivity index (χ1v) is 6.72. The number of nitrogen functional groups attached to an aromatic ring is 1. The molecule has 0 aliphatic rings. The van der Waals surface area contributed by atoms with Gasteiger partial charge < -0.3 is 10.2 Å². The van der Waals surface area contributed by atoms with Gasteiger partial charge in [-0.15, -0.1) is 0 Å². The first-order chi connectivity index (χ1) is 9.51. The molecule has 2 rings (SSSR count). The molecule has 1 heterocycles. The molecule has 1 aromatic carbocycles. The Hall–Kier alpha value is -1.56. The van der Waals surface area contributed by atoms with Gasteiger partial charge >= 0.3 is 0 Å². The third kappa shape index (κ3) is 3.30. The molecule has 0 aliphatic carbocycles. The van der Waals surface area contributed by atoms with Gasteiger partial charge in [-0.25, -0.2) is 15.8 Å². The fourth-order valence-electron chi connectivity index (χ4n) is 1.80. The zero-order chi connectivity index (χ0) is 14.7. The zero-order valence-corrected chi connectivity index (χ0v) is 12.5. The van der Waals surface area contributed by atoms with Crippen molar-refractivity contribution >= 4 is 29.0 Å². The van der Waals surface area contributed by atoms with Gasteiger partial charge in [0.2, 0.25) is 5.88 Å². The lowest BCUT2D eigenvalue weighted by Crippen LogP contribution is -2.13. The molecule has 0 saturated carbocycles. The number of hydrazine groups is 1. The van der Waals surface area contributed by atoms with Crippen LogP contribution in [-0.4, -0.2) is 9.97 Å². The molecule has 0 fully saturated rings. The van der Waals surface area contributed by atoms with E-state index in [1.807, 2.05) is 13.8 Å². The molecule has 0 unspecified atom stereocenters.